The maximum absolute atomic E-state index is 12.0. The van der Waals surface area contributed by atoms with Crippen molar-refractivity contribution in [2.45, 2.75) is 134 Å². The van der Waals surface area contributed by atoms with E-state index < -0.39 is 17.3 Å². The van der Waals surface area contributed by atoms with Crippen LogP contribution in [0.15, 0.2) is 0 Å². The average Bonchev–Trinajstić information content (AvgIpc) is 2.61. The van der Waals surface area contributed by atoms with Gasteiger partial charge >= 0.3 is 5.97 Å². The molecule has 0 aliphatic carbocycles. The van der Waals surface area contributed by atoms with Gasteiger partial charge < -0.3 is 19.8 Å². The van der Waals surface area contributed by atoms with Gasteiger partial charge in [0.05, 0.1) is 21.1 Å². The van der Waals surface area contributed by atoms with Crippen LogP contribution in [0.3, 0.4) is 0 Å². The van der Waals surface area contributed by atoms with E-state index in [2.05, 4.69) is 6.92 Å². The molecule has 0 fully saturated rings. The highest BCUT2D eigenvalue weighted by Crippen LogP contribution is 2.35. The van der Waals surface area contributed by atoms with E-state index in [1.54, 1.807) is 21.1 Å². The van der Waals surface area contributed by atoms with E-state index in [-0.39, 0.29) is 10.9 Å². The molecule has 3 N–H and O–H groups in total. The smallest absolute Gasteiger partial charge is 0.371 e. The van der Waals surface area contributed by atoms with Crippen LogP contribution in [-0.4, -0.2) is 58.2 Å². The number of carboxylic acids is 1. The zero-order valence-corrected chi connectivity index (χ0v) is 20.7. The second kappa shape index (κ2) is 15.2. The molecule has 1 unspecified atom stereocenters. The molecule has 0 aromatic carbocycles. The molecule has 180 valence electrons. The second-order valence-electron chi connectivity index (χ2n) is 10.3. The molecule has 0 aliphatic heterocycles. The molecule has 5 nitrogen and oxygen atoms in total. The summed E-state index contributed by atoms with van der Waals surface area (Å²) in [5, 5.41) is 30.2. The summed E-state index contributed by atoms with van der Waals surface area (Å²) >= 11 is 0. The summed E-state index contributed by atoms with van der Waals surface area (Å²) in [6.45, 7) is 3.45. The molecule has 1 atom stereocenters. The zero-order chi connectivity index (χ0) is 23.1. The van der Waals surface area contributed by atoms with Crippen LogP contribution in [-0.2, 0) is 4.79 Å². The number of likely N-dealkylation sites (N-methyl/N-ethyl adjacent to an activating group) is 1. The van der Waals surface area contributed by atoms with Crippen LogP contribution in [0.5, 0.6) is 0 Å². The Hall–Kier alpha value is -0.650. The molecule has 0 aromatic heterocycles. The summed E-state index contributed by atoms with van der Waals surface area (Å²) in [5.74, 6) is -3.42. The Labute approximate surface area is 186 Å². The van der Waals surface area contributed by atoms with Crippen LogP contribution >= 0.6 is 0 Å². The summed E-state index contributed by atoms with van der Waals surface area (Å²) in [6.07, 6.45) is 20.4. The van der Waals surface area contributed by atoms with Crippen molar-refractivity contribution in [1.82, 2.24) is 0 Å². The lowest BCUT2D eigenvalue weighted by molar-refractivity contribution is -0.927. The van der Waals surface area contributed by atoms with Gasteiger partial charge in [-0.05, 0) is 13.3 Å². The Morgan fingerprint density at radius 2 is 0.967 bits per heavy atom. The van der Waals surface area contributed by atoms with Crippen LogP contribution in [0.1, 0.15) is 123 Å². The van der Waals surface area contributed by atoms with E-state index >= 15 is 0 Å². The first-order valence-corrected chi connectivity index (χ1v) is 12.5. The molecule has 0 amide bonds. The van der Waals surface area contributed by atoms with Gasteiger partial charge in [-0.2, -0.15) is 0 Å². The second-order valence-corrected chi connectivity index (χ2v) is 10.3. The van der Waals surface area contributed by atoms with E-state index in [4.69, 9.17) is 0 Å². The number of hydrogen-bond donors (Lipinski definition) is 3. The number of unbranched alkanes of at least 4 members (excludes halogenated alkanes) is 15. The van der Waals surface area contributed by atoms with Gasteiger partial charge in [-0.3, -0.25) is 0 Å². The third-order valence-electron chi connectivity index (χ3n) is 6.67. The summed E-state index contributed by atoms with van der Waals surface area (Å²) in [5.41, 5.74) is -1.62. The van der Waals surface area contributed by atoms with Crippen molar-refractivity contribution in [2.24, 2.45) is 0 Å². The largest absolute Gasteiger partial charge is 0.476 e. The Morgan fingerprint density at radius 3 is 1.20 bits per heavy atom. The Bertz CT molecular complexity index is 423. The van der Waals surface area contributed by atoms with Crippen LogP contribution in [0.4, 0.5) is 0 Å². The summed E-state index contributed by atoms with van der Waals surface area (Å²) in [6, 6.07) is 0. The number of aliphatic hydroxyl groups is 2. The quantitative estimate of drug-likeness (QED) is 0.128. The number of aliphatic carboxylic acids is 1. The maximum Gasteiger partial charge on any atom is 0.371 e. The minimum absolute atomic E-state index is 0.0232. The molecule has 0 heterocycles. The van der Waals surface area contributed by atoms with E-state index in [1.165, 1.54) is 90.4 Å². The fraction of sp³-hybridized carbons (Fsp3) is 0.960. The molecule has 0 radical (unpaired) electrons. The minimum Gasteiger partial charge on any atom is -0.476 e. The van der Waals surface area contributed by atoms with Gasteiger partial charge in [-0.15, -0.1) is 0 Å². The molecule has 30 heavy (non-hydrogen) atoms. The Balaban J connectivity index is 3.83. The Kier molecular flexibility index (Phi) is 14.9. The third kappa shape index (κ3) is 10.6. The molecule has 0 saturated heterocycles. The lowest BCUT2D eigenvalue weighted by Crippen LogP contribution is -2.73. The van der Waals surface area contributed by atoms with Crippen molar-refractivity contribution in [3.63, 3.8) is 0 Å². The lowest BCUT2D eigenvalue weighted by atomic mass is 9.81. The first kappa shape index (κ1) is 29.4. The number of hydrogen-bond acceptors (Lipinski definition) is 3. The summed E-state index contributed by atoms with van der Waals surface area (Å²) < 4.78 is -0.0232. The molecule has 0 aromatic rings. The monoisotopic (exact) mass is 430 g/mol. The number of carboxylic acid groups (broad SMARTS) is 1. The van der Waals surface area contributed by atoms with Gasteiger partial charge in [-0.1, -0.05) is 103 Å². The van der Waals surface area contributed by atoms with E-state index in [1.807, 2.05) is 0 Å². The molecular formula is C25H52NO4+. The fourth-order valence-electron chi connectivity index (χ4n) is 4.73. The van der Waals surface area contributed by atoms with E-state index in [9.17, 15) is 20.1 Å². The molecule has 0 aliphatic rings. The predicted molar refractivity (Wildman–Crippen MR) is 125 cm³/mol. The lowest BCUT2D eigenvalue weighted by Gasteiger charge is -2.48. The highest BCUT2D eigenvalue weighted by molar-refractivity contribution is 5.78. The highest BCUT2D eigenvalue weighted by Gasteiger charge is 2.62. The van der Waals surface area contributed by atoms with Crippen molar-refractivity contribution in [3.8, 4) is 0 Å². The van der Waals surface area contributed by atoms with E-state index in [0.29, 0.717) is 6.42 Å². The van der Waals surface area contributed by atoms with Gasteiger partial charge in [0.1, 0.15) is 0 Å². The van der Waals surface area contributed by atoms with Crippen LogP contribution in [0, 0.1) is 0 Å². The summed E-state index contributed by atoms with van der Waals surface area (Å²) in [7, 11) is 5.14. The van der Waals surface area contributed by atoms with Crippen LogP contribution in [0.25, 0.3) is 0 Å². The molecule has 0 rings (SSSR count). The Morgan fingerprint density at radius 1 is 0.667 bits per heavy atom. The van der Waals surface area contributed by atoms with Gasteiger partial charge in [-0.25, -0.2) is 4.79 Å². The number of nitrogens with zero attached hydrogens (tertiary/aromatic N) is 1. The number of rotatable bonds is 20. The fourth-order valence-corrected chi connectivity index (χ4v) is 4.73. The molecule has 0 bridgehead atoms. The maximum atomic E-state index is 12.0. The molecule has 5 heteroatoms. The topological polar surface area (TPSA) is 77.8 Å². The first-order valence-electron chi connectivity index (χ1n) is 12.5. The van der Waals surface area contributed by atoms with Gasteiger partial charge in [0, 0.05) is 6.42 Å². The van der Waals surface area contributed by atoms with Crippen molar-refractivity contribution in [1.29, 1.82) is 0 Å². The van der Waals surface area contributed by atoms with E-state index in [0.717, 1.165) is 12.8 Å². The number of carbonyl (C=O) groups is 1. The van der Waals surface area contributed by atoms with Crippen LogP contribution < -0.4 is 0 Å². The van der Waals surface area contributed by atoms with Gasteiger partial charge in [0.15, 0.2) is 0 Å². The standard InChI is InChI=1S/C25H51NO4/c1-6-7-8-9-10-11-12-13-14-15-16-17-18-19-20-21-22-25(23(27)28,24(2,29)30)26(3,4)5/h29-30H,6-22H2,1-5H3/p+1. The highest BCUT2D eigenvalue weighted by atomic mass is 16.5. The minimum atomic E-state index is -2.27. The molecular weight excluding hydrogens is 378 g/mol. The predicted octanol–water partition coefficient (Wildman–Crippen LogP) is 5.87. The SMILES string of the molecule is CCCCCCCCCCCCCCCCCCC(C(=O)O)(C(C)(O)O)[N+](C)(C)C. The van der Waals surface area contributed by atoms with Gasteiger partial charge in [0.25, 0.3) is 0 Å². The van der Waals surface area contributed by atoms with Crippen molar-refractivity contribution in [3.05, 3.63) is 0 Å². The average molecular weight is 431 g/mol. The van der Waals surface area contributed by atoms with Crippen molar-refractivity contribution < 1.29 is 24.6 Å². The normalized spacial score (nSPS) is 14.6. The number of quaternary nitrogens is 1. The van der Waals surface area contributed by atoms with Crippen molar-refractivity contribution in [2.75, 3.05) is 21.1 Å². The first-order chi connectivity index (χ1) is 14.0. The molecule has 0 saturated carbocycles. The summed E-state index contributed by atoms with van der Waals surface area (Å²) in [4.78, 5) is 12.0. The molecule has 0 spiro atoms. The third-order valence-corrected chi connectivity index (χ3v) is 6.67. The zero-order valence-electron chi connectivity index (χ0n) is 20.7. The van der Waals surface area contributed by atoms with Crippen LogP contribution in [0.2, 0.25) is 0 Å². The van der Waals surface area contributed by atoms with Gasteiger partial charge in [0.2, 0.25) is 11.3 Å². The van der Waals surface area contributed by atoms with Crippen molar-refractivity contribution >= 4 is 5.97 Å².